The van der Waals surface area contributed by atoms with Crippen LogP contribution in [-0.2, 0) is 22.0 Å². The molecule has 1 aromatic carbocycles. The number of hydrogen-bond acceptors (Lipinski definition) is 5. The monoisotopic (exact) mass is 322 g/mol. The van der Waals surface area contributed by atoms with Gasteiger partial charge >= 0.3 is 0 Å². The maximum atomic E-state index is 12.4. The van der Waals surface area contributed by atoms with Crippen LogP contribution in [0.3, 0.4) is 0 Å². The van der Waals surface area contributed by atoms with Crippen molar-refractivity contribution >= 4 is 9.84 Å². The van der Waals surface area contributed by atoms with Crippen LogP contribution in [0.5, 0.6) is 0 Å². The first-order valence-corrected chi connectivity index (χ1v) is 9.07. The molecule has 0 spiro atoms. The third-order valence-corrected chi connectivity index (χ3v) is 4.95. The van der Waals surface area contributed by atoms with Crippen molar-refractivity contribution in [2.24, 2.45) is 5.92 Å². The molecule has 0 fully saturated rings. The first-order valence-electron chi connectivity index (χ1n) is 7.42. The fourth-order valence-corrected chi connectivity index (χ4v) is 3.27. The lowest BCUT2D eigenvalue weighted by atomic mass is 10.0. The van der Waals surface area contributed by atoms with Gasteiger partial charge in [-0.2, -0.15) is 4.98 Å². The summed E-state index contributed by atoms with van der Waals surface area (Å²) in [5.41, 5.74) is 1.11. The van der Waals surface area contributed by atoms with E-state index in [4.69, 9.17) is 4.52 Å². The zero-order valence-corrected chi connectivity index (χ0v) is 14.2. The van der Waals surface area contributed by atoms with E-state index >= 15 is 0 Å². The molecule has 0 amide bonds. The molecule has 0 aliphatic carbocycles. The quantitative estimate of drug-likeness (QED) is 0.815. The highest BCUT2D eigenvalue weighted by atomic mass is 32.2. The smallest absolute Gasteiger partial charge is 0.226 e. The predicted octanol–water partition coefficient (Wildman–Crippen LogP) is 3.37. The van der Waals surface area contributed by atoms with E-state index in [0.29, 0.717) is 24.1 Å². The van der Waals surface area contributed by atoms with Crippen LogP contribution in [0.15, 0.2) is 33.7 Å². The van der Waals surface area contributed by atoms with Crippen LogP contribution in [0, 0.1) is 5.92 Å². The topological polar surface area (TPSA) is 73.1 Å². The molecule has 0 saturated heterocycles. The Kier molecular flexibility index (Phi) is 5.01. The van der Waals surface area contributed by atoms with Crippen LogP contribution in [-0.4, -0.2) is 18.6 Å². The van der Waals surface area contributed by atoms with Crippen LogP contribution < -0.4 is 0 Å². The lowest BCUT2D eigenvalue weighted by molar-refractivity contribution is 0.359. The molecule has 2 rings (SSSR count). The number of hydrogen-bond donors (Lipinski definition) is 0. The van der Waals surface area contributed by atoms with Crippen molar-refractivity contribution in [2.75, 3.05) is 0 Å². The molecule has 1 heterocycles. The minimum absolute atomic E-state index is 0.212. The SMILES string of the molecule is CC(C)Cc1nc(CS(=O)(=O)c2ccc(C(C)C)cc2)no1. The molecule has 0 bridgehead atoms. The average Bonchev–Trinajstić information content (AvgIpc) is 2.84. The maximum absolute atomic E-state index is 12.4. The average molecular weight is 322 g/mol. The molecular weight excluding hydrogens is 300 g/mol. The molecule has 0 saturated carbocycles. The standard InChI is InChI=1S/C16H22N2O3S/c1-11(2)9-16-17-15(18-21-16)10-22(19,20)14-7-5-13(6-8-14)12(3)4/h5-8,11-12H,9-10H2,1-4H3. The second-order valence-electron chi connectivity index (χ2n) is 6.19. The minimum atomic E-state index is -3.46. The molecule has 120 valence electrons. The van der Waals surface area contributed by atoms with E-state index in [2.05, 4.69) is 24.0 Å². The van der Waals surface area contributed by atoms with Gasteiger partial charge in [-0.25, -0.2) is 8.42 Å². The van der Waals surface area contributed by atoms with Crippen molar-refractivity contribution in [3.63, 3.8) is 0 Å². The van der Waals surface area contributed by atoms with E-state index in [1.165, 1.54) is 0 Å². The molecule has 0 unspecified atom stereocenters. The Hall–Kier alpha value is -1.69. The van der Waals surface area contributed by atoms with Gasteiger partial charge in [-0.3, -0.25) is 0 Å². The van der Waals surface area contributed by atoms with Crippen molar-refractivity contribution in [2.45, 2.75) is 50.7 Å². The first kappa shape index (κ1) is 16.7. The van der Waals surface area contributed by atoms with Gasteiger partial charge in [-0.1, -0.05) is 45.0 Å². The molecule has 0 aliphatic rings. The molecule has 0 aliphatic heterocycles. The van der Waals surface area contributed by atoms with Gasteiger partial charge in [0.2, 0.25) is 5.89 Å². The normalized spacial score (nSPS) is 12.3. The van der Waals surface area contributed by atoms with E-state index in [9.17, 15) is 8.42 Å². The molecule has 1 aromatic heterocycles. The Morgan fingerprint density at radius 3 is 2.27 bits per heavy atom. The summed E-state index contributed by atoms with van der Waals surface area (Å²) in [6.07, 6.45) is 0.649. The minimum Gasteiger partial charge on any atom is -0.339 e. The van der Waals surface area contributed by atoms with Gasteiger partial charge < -0.3 is 4.52 Å². The summed E-state index contributed by atoms with van der Waals surface area (Å²) in [6, 6.07) is 6.97. The van der Waals surface area contributed by atoms with Gasteiger partial charge in [0, 0.05) is 6.42 Å². The Morgan fingerprint density at radius 2 is 1.73 bits per heavy atom. The van der Waals surface area contributed by atoms with Crippen LogP contribution in [0.2, 0.25) is 0 Å². The summed E-state index contributed by atoms with van der Waals surface area (Å²) >= 11 is 0. The Morgan fingerprint density at radius 1 is 1.09 bits per heavy atom. The van der Waals surface area contributed by atoms with E-state index in [1.807, 2.05) is 26.0 Å². The Bertz CT molecular complexity index is 716. The Labute approximate surface area is 131 Å². The number of aromatic nitrogens is 2. The first-order chi connectivity index (χ1) is 10.3. The zero-order chi connectivity index (χ0) is 16.3. The maximum Gasteiger partial charge on any atom is 0.226 e. The van der Waals surface area contributed by atoms with Gasteiger partial charge in [0.25, 0.3) is 0 Å². The van der Waals surface area contributed by atoms with Crippen molar-refractivity contribution < 1.29 is 12.9 Å². The second-order valence-corrected chi connectivity index (χ2v) is 8.17. The largest absolute Gasteiger partial charge is 0.339 e. The predicted molar refractivity (Wildman–Crippen MR) is 84.3 cm³/mol. The number of rotatable bonds is 6. The number of sulfone groups is 1. The summed E-state index contributed by atoms with van der Waals surface area (Å²) in [4.78, 5) is 4.43. The number of benzene rings is 1. The van der Waals surface area contributed by atoms with E-state index in [1.54, 1.807) is 12.1 Å². The molecule has 0 atom stereocenters. The van der Waals surface area contributed by atoms with Gasteiger partial charge in [0.1, 0.15) is 5.75 Å². The lowest BCUT2D eigenvalue weighted by Gasteiger charge is -2.06. The molecule has 22 heavy (non-hydrogen) atoms. The van der Waals surface area contributed by atoms with Gasteiger partial charge in [0.15, 0.2) is 15.7 Å². The zero-order valence-electron chi connectivity index (χ0n) is 13.4. The molecule has 0 N–H and O–H groups in total. The molecular formula is C16H22N2O3S. The highest BCUT2D eigenvalue weighted by molar-refractivity contribution is 7.90. The summed E-state index contributed by atoms with van der Waals surface area (Å²) in [7, 11) is -3.46. The molecule has 5 nitrogen and oxygen atoms in total. The summed E-state index contributed by atoms with van der Waals surface area (Å²) in [5.74, 6) is 1.20. The van der Waals surface area contributed by atoms with Crippen molar-refractivity contribution in [1.29, 1.82) is 0 Å². The summed E-state index contributed by atoms with van der Waals surface area (Å²) in [6.45, 7) is 8.21. The van der Waals surface area contributed by atoms with Gasteiger partial charge in [-0.15, -0.1) is 0 Å². The van der Waals surface area contributed by atoms with Crippen molar-refractivity contribution in [3.05, 3.63) is 41.5 Å². The lowest BCUT2D eigenvalue weighted by Crippen LogP contribution is -2.07. The fourth-order valence-electron chi connectivity index (χ4n) is 2.09. The van der Waals surface area contributed by atoms with Crippen LogP contribution >= 0.6 is 0 Å². The van der Waals surface area contributed by atoms with E-state index in [-0.39, 0.29) is 16.5 Å². The summed E-state index contributed by atoms with van der Waals surface area (Å²) in [5, 5.41) is 3.76. The van der Waals surface area contributed by atoms with E-state index < -0.39 is 9.84 Å². The van der Waals surface area contributed by atoms with Crippen LogP contribution in [0.4, 0.5) is 0 Å². The molecule has 2 aromatic rings. The Balaban J connectivity index is 2.15. The number of nitrogens with zero attached hydrogens (tertiary/aromatic N) is 2. The van der Waals surface area contributed by atoms with Crippen LogP contribution in [0.1, 0.15) is 50.9 Å². The van der Waals surface area contributed by atoms with Crippen LogP contribution in [0.25, 0.3) is 0 Å². The molecule has 0 radical (unpaired) electrons. The summed E-state index contributed by atoms with van der Waals surface area (Å²) < 4.78 is 29.9. The second kappa shape index (κ2) is 6.60. The van der Waals surface area contributed by atoms with Gasteiger partial charge in [0.05, 0.1) is 4.90 Å². The highest BCUT2D eigenvalue weighted by Crippen LogP contribution is 2.20. The third kappa shape index (κ3) is 4.16. The van der Waals surface area contributed by atoms with Gasteiger partial charge in [-0.05, 0) is 29.5 Å². The third-order valence-electron chi connectivity index (χ3n) is 3.32. The van der Waals surface area contributed by atoms with E-state index in [0.717, 1.165) is 5.56 Å². The molecule has 6 heteroatoms. The highest BCUT2D eigenvalue weighted by Gasteiger charge is 2.19. The fraction of sp³-hybridized carbons (Fsp3) is 0.500. The van der Waals surface area contributed by atoms with Crippen molar-refractivity contribution in [3.8, 4) is 0 Å². The van der Waals surface area contributed by atoms with Crippen molar-refractivity contribution in [1.82, 2.24) is 10.1 Å².